The molecule has 6 aromatic rings. The van der Waals surface area contributed by atoms with Crippen LogP contribution in [0.1, 0.15) is 18.1 Å². The van der Waals surface area contributed by atoms with Crippen LogP contribution in [0.5, 0.6) is 0 Å². The van der Waals surface area contributed by atoms with Crippen molar-refractivity contribution in [2.24, 2.45) is 4.99 Å². The van der Waals surface area contributed by atoms with Gasteiger partial charge in [0.15, 0.2) is 0 Å². The van der Waals surface area contributed by atoms with Crippen LogP contribution in [0.4, 0.5) is 0 Å². The van der Waals surface area contributed by atoms with E-state index in [4.69, 9.17) is 9.41 Å². The molecule has 1 atom stereocenters. The van der Waals surface area contributed by atoms with Gasteiger partial charge in [-0.25, -0.2) is 4.21 Å². The van der Waals surface area contributed by atoms with Gasteiger partial charge < -0.3 is 4.42 Å². The minimum Gasteiger partial charge on any atom is -0.456 e. The number of benzene rings is 5. The van der Waals surface area contributed by atoms with Crippen molar-refractivity contribution in [1.29, 1.82) is 0 Å². The number of fused-ring (bicyclic) bond motifs is 6. The smallest absolute Gasteiger partial charge is 0.136 e. The maximum atomic E-state index is 13.5. The van der Waals surface area contributed by atoms with Crippen molar-refractivity contribution in [3.63, 3.8) is 0 Å². The van der Waals surface area contributed by atoms with E-state index in [0.717, 1.165) is 70.8 Å². The van der Waals surface area contributed by atoms with E-state index in [1.807, 2.05) is 79.7 Å². The lowest BCUT2D eigenvalue weighted by molar-refractivity contribution is 0.669. The average Bonchev–Trinajstić information content (AvgIpc) is 3.47. The molecular formula is C34H23NO2S. The van der Waals surface area contributed by atoms with Crippen LogP contribution in [-0.4, -0.2) is 9.92 Å². The standard InChI is InChI=1S/C34H23NO2S/c1-21(23-9-4-3-5-10-23)35-22(2)26-12-8-14-33-34(26)29-19-24(16-18-32(29)38(33)36)25-15-17-28-27-11-6-7-13-30(27)37-31(28)20-25/h3-20H,1H2,2H3. The number of nitrogens with zero attached hydrogens (tertiary/aromatic N) is 1. The number of aliphatic imine (C=N–C) groups is 1. The molecule has 182 valence electrons. The van der Waals surface area contributed by atoms with Crippen LogP contribution in [0.25, 0.3) is 49.9 Å². The second-order valence-corrected chi connectivity index (χ2v) is 10.9. The zero-order chi connectivity index (χ0) is 25.8. The molecule has 0 saturated heterocycles. The fraction of sp³-hybridized carbons (Fsp3) is 0.0294. The second kappa shape index (κ2) is 8.79. The number of hydrogen-bond donors (Lipinski definition) is 0. The van der Waals surface area contributed by atoms with Crippen molar-refractivity contribution in [1.82, 2.24) is 0 Å². The van der Waals surface area contributed by atoms with Crippen molar-refractivity contribution in [3.05, 3.63) is 127 Å². The van der Waals surface area contributed by atoms with Crippen molar-refractivity contribution in [2.45, 2.75) is 16.7 Å². The van der Waals surface area contributed by atoms with E-state index in [1.165, 1.54) is 0 Å². The van der Waals surface area contributed by atoms with E-state index in [0.29, 0.717) is 5.70 Å². The van der Waals surface area contributed by atoms with Crippen molar-refractivity contribution in [3.8, 4) is 22.3 Å². The normalized spacial score (nSPS) is 14.6. The van der Waals surface area contributed by atoms with E-state index in [9.17, 15) is 4.21 Å². The Bertz CT molecular complexity index is 1960. The van der Waals surface area contributed by atoms with E-state index >= 15 is 0 Å². The first-order chi connectivity index (χ1) is 18.6. The van der Waals surface area contributed by atoms with Crippen LogP contribution in [0.15, 0.2) is 135 Å². The summed E-state index contributed by atoms with van der Waals surface area (Å²) < 4.78 is 19.6. The van der Waals surface area contributed by atoms with Gasteiger partial charge in [-0.1, -0.05) is 79.4 Å². The fourth-order valence-corrected chi connectivity index (χ4v) is 6.71. The van der Waals surface area contributed by atoms with Crippen molar-refractivity contribution in [2.75, 3.05) is 0 Å². The maximum absolute atomic E-state index is 13.5. The summed E-state index contributed by atoms with van der Waals surface area (Å²) >= 11 is 0. The number of para-hydroxylation sites is 1. The third-order valence-corrected chi connectivity index (χ3v) is 8.68. The van der Waals surface area contributed by atoms with Gasteiger partial charge in [0.05, 0.1) is 26.3 Å². The van der Waals surface area contributed by atoms with Gasteiger partial charge in [-0.3, -0.25) is 4.99 Å². The molecule has 38 heavy (non-hydrogen) atoms. The molecule has 0 bridgehead atoms. The molecule has 1 aromatic heterocycles. The molecule has 1 aliphatic rings. The molecule has 1 aliphatic heterocycles. The highest BCUT2D eigenvalue weighted by atomic mass is 32.2. The van der Waals surface area contributed by atoms with Crippen molar-refractivity contribution < 1.29 is 8.63 Å². The molecule has 0 N–H and O–H groups in total. The van der Waals surface area contributed by atoms with E-state index in [1.54, 1.807) is 0 Å². The van der Waals surface area contributed by atoms with Gasteiger partial charge in [0, 0.05) is 33.2 Å². The summed E-state index contributed by atoms with van der Waals surface area (Å²) in [6.07, 6.45) is 0. The highest BCUT2D eigenvalue weighted by molar-refractivity contribution is 7.85. The minimum absolute atomic E-state index is 0.702. The maximum Gasteiger partial charge on any atom is 0.136 e. The molecule has 3 nitrogen and oxygen atoms in total. The molecule has 2 heterocycles. The minimum atomic E-state index is -1.24. The third-order valence-electron chi connectivity index (χ3n) is 7.19. The highest BCUT2D eigenvalue weighted by Gasteiger charge is 2.29. The average molecular weight is 510 g/mol. The number of furan rings is 1. The third kappa shape index (κ3) is 3.57. The van der Waals surface area contributed by atoms with E-state index in [-0.39, 0.29) is 0 Å². The first-order valence-electron chi connectivity index (χ1n) is 12.5. The SMILES string of the molecule is C=C(N=C(C)c1cccc2c1-c1cc(-c3ccc4c(c3)oc3ccccc34)ccc1S2=O)c1ccccc1. The predicted molar refractivity (Wildman–Crippen MR) is 157 cm³/mol. The van der Waals surface area contributed by atoms with Gasteiger partial charge in [0.2, 0.25) is 0 Å². The molecule has 0 spiro atoms. The Hall–Kier alpha value is -4.54. The summed E-state index contributed by atoms with van der Waals surface area (Å²) in [5.41, 5.74) is 9.30. The predicted octanol–water partition coefficient (Wildman–Crippen LogP) is 8.88. The van der Waals surface area contributed by atoms with Gasteiger partial charge in [0.25, 0.3) is 0 Å². The Kier molecular flexibility index (Phi) is 5.24. The van der Waals surface area contributed by atoms with Crippen molar-refractivity contribution >= 4 is 44.1 Å². The zero-order valence-electron chi connectivity index (χ0n) is 20.8. The first-order valence-corrected chi connectivity index (χ1v) is 13.6. The summed E-state index contributed by atoms with van der Waals surface area (Å²) in [6, 6.07) is 36.5. The Morgan fingerprint density at radius 2 is 1.47 bits per heavy atom. The Morgan fingerprint density at radius 3 is 2.34 bits per heavy atom. The summed E-state index contributed by atoms with van der Waals surface area (Å²) in [5, 5.41) is 2.22. The van der Waals surface area contributed by atoms with Gasteiger partial charge >= 0.3 is 0 Å². The van der Waals surface area contributed by atoms with Gasteiger partial charge in [-0.15, -0.1) is 0 Å². The lowest BCUT2D eigenvalue weighted by Crippen LogP contribution is -1.99. The zero-order valence-corrected chi connectivity index (χ0v) is 21.6. The van der Waals surface area contributed by atoms with E-state index in [2.05, 4.69) is 43.0 Å². The molecule has 7 rings (SSSR count). The Labute approximate surface area is 223 Å². The number of hydrogen-bond acceptors (Lipinski definition) is 3. The van der Waals surface area contributed by atoms with Gasteiger partial charge in [-0.05, 0) is 60.0 Å². The molecule has 0 saturated carbocycles. The molecular weight excluding hydrogens is 486 g/mol. The highest BCUT2D eigenvalue weighted by Crippen LogP contribution is 2.45. The molecule has 0 amide bonds. The topological polar surface area (TPSA) is 42.6 Å². The molecule has 5 aromatic carbocycles. The lowest BCUT2D eigenvalue weighted by atomic mass is 9.94. The number of rotatable bonds is 4. The summed E-state index contributed by atoms with van der Waals surface area (Å²) in [7, 11) is -1.24. The molecule has 0 aliphatic carbocycles. The van der Waals surface area contributed by atoms with Crippen LogP contribution in [0.3, 0.4) is 0 Å². The van der Waals surface area contributed by atoms with Crippen LogP contribution < -0.4 is 0 Å². The van der Waals surface area contributed by atoms with Crippen LogP contribution in [0, 0.1) is 0 Å². The van der Waals surface area contributed by atoms with Crippen LogP contribution >= 0.6 is 0 Å². The largest absolute Gasteiger partial charge is 0.456 e. The summed E-state index contributed by atoms with van der Waals surface area (Å²) in [4.78, 5) is 6.49. The van der Waals surface area contributed by atoms with Gasteiger partial charge in [-0.2, -0.15) is 0 Å². The molecule has 1 unspecified atom stereocenters. The molecule has 0 radical (unpaired) electrons. The quantitative estimate of drug-likeness (QED) is 0.222. The fourth-order valence-electron chi connectivity index (χ4n) is 5.31. The monoisotopic (exact) mass is 509 g/mol. The molecule has 0 fully saturated rings. The van der Waals surface area contributed by atoms with Crippen LogP contribution in [0.2, 0.25) is 0 Å². The Morgan fingerprint density at radius 1 is 0.737 bits per heavy atom. The summed E-state index contributed by atoms with van der Waals surface area (Å²) in [6.45, 7) is 6.17. The lowest BCUT2D eigenvalue weighted by Gasteiger charge is -2.11. The van der Waals surface area contributed by atoms with Crippen LogP contribution in [-0.2, 0) is 10.8 Å². The second-order valence-electron chi connectivity index (χ2n) is 9.48. The Balaban J connectivity index is 1.34. The van der Waals surface area contributed by atoms with Gasteiger partial charge in [0.1, 0.15) is 11.2 Å². The summed E-state index contributed by atoms with van der Waals surface area (Å²) in [5.74, 6) is 0. The van der Waals surface area contributed by atoms with E-state index < -0.39 is 10.8 Å². The first kappa shape index (κ1) is 22.6. The molecule has 4 heteroatoms.